The van der Waals surface area contributed by atoms with E-state index < -0.39 is 12.0 Å². The first kappa shape index (κ1) is 15.2. The van der Waals surface area contributed by atoms with Gasteiger partial charge < -0.3 is 19.9 Å². The summed E-state index contributed by atoms with van der Waals surface area (Å²) in [6.45, 7) is 2.86. The molecule has 0 aromatic carbocycles. The predicted octanol–water partition coefficient (Wildman–Crippen LogP) is 1.17. The first-order valence-electron chi connectivity index (χ1n) is 6.11. The maximum atomic E-state index is 11.1. The van der Waals surface area contributed by atoms with E-state index in [0.717, 1.165) is 0 Å². The monoisotopic (exact) mass is 269 g/mol. The third kappa shape index (κ3) is 5.52. The van der Waals surface area contributed by atoms with E-state index in [1.165, 1.54) is 6.20 Å². The molecule has 0 bridgehead atoms. The number of aliphatic carboxylic acids is 1. The smallest absolute Gasteiger partial charge is 0.326 e. The van der Waals surface area contributed by atoms with Gasteiger partial charge in [0, 0.05) is 26.0 Å². The van der Waals surface area contributed by atoms with Crippen LogP contribution in [-0.2, 0) is 9.53 Å². The summed E-state index contributed by atoms with van der Waals surface area (Å²) in [5.74, 6) is -0.279. The number of carboxylic acids is 1. The van der Waals surface area contributed by atoms with Crippen molar-refractivity contribution >= 4 is 11.9 Å². The van der Waals surface area contributed by atoms with Gasteiger partial charge in [-0.25, -0.2) is 9.78 Å². The molecular weight excluding hydrogens is 250 g/mol. The second kappa shape index (κ2) is 8.25. The fourth-order valence-corrected chi connectivity index (χ4v) is 1.48. The van der Waals surface area contributed by atoms with Crippen LogP contribution in [-0.4, -0.2) is 47.4 Å². The number of carbonyl (C=O) groups is 1. The topological polar surface area (TPSA) is 93.6 Å². The van der Waals surface area contributed by atoms with Gasteiger partial charge in [-0.15, -0.1) is 0 Å². The molecule has 1 aromatic heterocycles. The zero-order chi connectivity index (χ0) is 14.1. The number of carboxylic acid groups (broad SMARTS) is 1. The third-order valence-corrected chi connectivity index (χ3v) is 2.36. The number of nitrogens with zero attached hydrogens (tertiary/aromatic N) is 2. The van der Waals surface area contributed by atoms with Crippen molar-refractivity contribution in [1.29, 1.82) is 0 Å². The Morgan fingerprint density at radius 3 is 3.00 bits per heavy atom. The Labute approximate surface area is 112 Å². The predicted molar refractivity (Wildman–Crippen MR) is 69.4 cm³/mol. The zero-order valence-corrected chi connectivity index (χ0v) is 11.1. The van der Waals surface area contributed by atoms with Crippen LogP contribution in [0.3, 0.4) is 0 Å². The number of ether oxygens (including phenoxy) is 2. The van der Waals surface area contributed by atoms with Gasteiger partial charge in [0.25, 0.3) is 0 Å². The largest absolute Gasteiger partial charge is 0.480 e. The van der Waals surface area contributed by atoms with Crippen molar-refractivity contribution in [2.24, 2.45) is 0 Å². The number of aromatic nitrogens is 2. The Balaban J connectivity index is 2.62. The molecule has 0 fully saturated rings. The summed E-state index contributed by atoms with van der Waals surface area (Å²) in [4.78, 5) is 19.2. The minimum absolute atomic E-state index is 0.246. The Morgan fingerprint density at radius 2 is 2.37 bits per heavy atom. The Kier molecular flexibility index (Phi) is 6.59. The molecule has 2 N–H and O–H groups in total. The van der Waals surface area contributed by atoms with Gasteiger partial charge in [-0.05, 0) is 19.8 Å². The molecule has 1 aromatic rings. The Hall–Kier alpha value is -1.89. The van der Waals surface area contributed by atoms with Crippen molar-refractivity contribution in [1.82, 2.24) is 9.97 Å². The van der Waals surface area contributed by atoms with Crippen LogP contribution >= 0.6 is 0 Å². The van der Waals surface area contributed by atoms with E-state index in [-0.39, 0.29) is 5.95 Å². The molecule has 1 rings (SSSR count). The van der Waals surface area contributed by atoms with Crippen molar-refractivity contribution in [2.75, 3.05) is 25.6 Å². The van der Waals surface area contributed by atoms with E-state index in [4.69, 9.17) is 14.6 Å². The number of hydrogen-bond acceptors (Lipinski definition) is 6. The minimum atomic E-state index is -0.943. The van der Waals surface area contributed by atoms with E-state index >= 15 is 0 Å². The number of methoxy groups -OCH3 is 1. The summed E-state index contributed by atoms with van der Waals surface area (Å²) in [6, 6.07) is 0.877. The third-order valence-electron chi connectivity index (χ3n) is 2.36. The lowest BCUT2D eigenvalue weighted by molar-refractivity contribution is -0.138. The normalized spacial score (nSPS) is 11.9. The first-order valence-corrected chi connectivity index (χ1v) is 6.11. The van der Waals surface area contributed by atoms with Crippen LogP contribution in [0.5, 0.6) is 5.88 Å². The molecule has 0 amide bonds. The molecule has 0 spiro atoms. The van der Waals surface area contributed by atoms with Gasteiger partial charge in [0.05, 0.1) is 6.61 Å². The fraction of sp³-hybridized carbons (Fsp3) is 0.583. The van der Waals surface area contributed by atoms with Crippen LogP contribution in [0, 0.1) is 0 Å². The molecule has 1 heterocycles. The number of hydrogen-bond donors (Lipinski definition) is 2. The summed E-state index contributed by atoms with van der Waals surface area (Å²) in [5.41, 5.74) is 0. The lowest BCUT2D eigenvalue weighted by Gasteiger charge is -2.14. The van der Waals surface area contributed by atoms with E-state index in [2.05, 4.69) is 15.3 Å². The van der Waals surface area contributed by atoms with Crippen LogP contribution in [0.4, 0.5) is 5.95 Å². The molecule has 0 radical (unpaired) electrons. The lowest BCUT2D eigenvalue weighted by Crippen LogP contribution is -2.30. The summed E-state index contributed by atoms with van der Waals surface area (Å²) in [6.07, 6.45) is 2.60. The quantitative estimate of drug-likeness (QED) is 0.650. The van der Waals surface area contributed by atoms with Crippen molar-refractivity contribution in [3.8, 4) is 5.88 Å². The lowest BCUT2D eigenvalue weighted by atomic mass is 10.1. The maximum absolute atomic E-state index is 11.1. The SMILES string of the molecule is CCOc1ccnc(NC(CCCOC)C(=O)O)n1. The van der Waals surface area contributed by atoms with Crippen LogP contribution in [0.25, 0.3) is 0 Å². The number of rotatable bonds is 9. The average molecular weight is 269 g/mol. The molecule has 0 aliphatic rings. The molecule has 0 aliphatic carbocycles. The van der Waals surface area contributed by atoms with Crippen molar-refractivity contribution in [3.63, 3.8) is 0 Å². The van der Waals surface area contributed by atoms with Crippen molar-refractivity contribution in [2.45, 2.75) is 25.8 Å². The summed E-state index contributed by atoms with van der Waals surface area (Å²) < 4.78 is 10.1. The number of nitrogens with one attached hydrogen (secondary N) is 1. The van der Waals surface area contributed by atoms with E-state index in [0.29, 0.717) is 31.9 Å². The van der Waals surface area contributed by atoms with Crippen LogP contribution in [0.2, 0.25) is 0 Å². The molecule has 19 heavy (non-hydrogen) atoms. The van der Waals surface area contributed by atoms with E-state index in [9.17, 15) is 4.79 Å². The average Bonchev–Trinajstić information content (AvgIpc) is 2.38. The molecule has 0 saturated carbocycles. The molecule has 1 unspecified atom stereocenters. The molecule has 1 atom stereocenters. The highest BCUT2D eigenvalue weighted by Gasteiger charge is 2.18. The molecule has 7 heteroatoms. The highest BCUT2D eigenvalue weighted by atomic mass is 16.5. The van der Waals surface area contributed by atoms with Crippen LogP contribution in [0.15, 0.2) is 12.3 Å². The summed E-state index contributed by atoms with van der Waals surface area (Å²) in [5, 5.41) is 11.9. The Morgan fingerprint density at radius 1 is 1.58 bits per heavy atom. The van der Waals surface area contributed by atoms with Gasteiger partial charge >= 0.3 is 5.97 Å². The van der Waals surface area contributed by atoms with Crippen molar-refractivity contribution in [3.05, 3.63) is 12.3 Å². The highest BCUT2D eigenvalue weighted by molar-refractivity contribution is 5.76. The number of anilines is 1. The standard InChI is InChI=1S/C12H19N3O4/c1-3-19-10-6-7-13-12(15-10)14-9(11(16)17)5-4-8-18-2/h6-7,9H,3-5,8H2,1-2H3,(H,16,17)(H,13,14,15). The summed E-state index contributed by atoms with van der Waals surface area (Å²) in [7, 11) is 1.58. The van der Waals surface area contributed by atoms with Crippen LogP contribution in [0.1, 0.15) is 19.8 Å². The van der Waals surface area contributed by atoms with E-state index in [1.54, 1.807) is 13.2 Å². The molecule has 106 valence electrons. The highest BCUT2D eigenvalue weighted by Crippen LogP contribution is 2.11. The molecular formula is C12H19N3O4. The minimum Gasteiger partial charge on any atom is -0.480 e. The van der Waals surface area contributed by atoms with Gasteiger partial charge in [-0.2, -0.15) is 4.98 Å². The van der Waals surface area contributed by atoms with Gasteiger partial charge in [-0.1, -0.05) is 0 Å². The molecule has 0 aliphatic heterocycles. The second-order valence-electron chi connectivity index (χ2n) is 3.82. The zero-order valence-electron chi connectivity index (χ0n) is 11.1. The molecule has 0 saturated heterocycles. The fourth-order valence-electron chi connectivity index (χ4n) is 1.48. The second-order valence-corrected chi connectivity index (χ2v) is 3.82. The van der Waals surface area contributed by atoms with Gasteiger partial charge in [-0.3, -0.25) is 0 Å². The van der Waals surface area contributed by atoms with Gasteiger partial charge in [0.2, 0.25) is 11.8 Å². The van der Waals surface area contributed by atoms with Crippen LogP contribution < -0.4 is 10.1 Å². The summed E-state index contributed by atoms with van der Waals surface area (Å²) >= 11 is 0. The first-order chi connectivity index (χ1) is 9.17. The Bertz CT molecular complexity index is 400. The van der Waals surface area contributed by atoms with Gasteiger partial charge in [0.1, 0.15) is 6.04 Å². The van der Waals surface area contributed by atoms with Gasteiger partial charge in [0.15, 0.2) is 0 Å². The van der Waals surface area contributed by atoms with E-state index in [1.807, 2.05) is 6.92 Å². The maximum Gasteiger partial charge on any atom is 0.326 e. The van der Waals surface area contributed by atoms with Crippen molar-refractivity contribution < 1.29 is 19.4 Å². The molecule has 7 nitrogen and oxygen atoms in total.